The van der Waals surface area contributed by atoms with Crippen LogP contribution >= 0.6 is 11.6 Å². The van der Waals surface area contributed by atoms with E-state index in [2.05, 4.69) is 11.8 Å². The lowest BCUT2D eigenvalue weighted by Gasteiger charge is -2.00. The number of hydrogen-bond donors (Lipinski definition) is 1. The van der Waals surface area contributed by atoms with Crippen LogP contribution in [0.25, 0.3) is 0 Å². The quantitative estimate of drug-likeness (QED) is 0.770. The predicted molar refractivity (Wildman–Crippen MR) is 61.2 cm³/mol. The van der Waals surface area contributed by atoms with Crippen LogP contribution in [-0.4, -0.2) is 6.04 Å². The summed E-state index contributed by atoms with van der Waals surface area (Å²) in [5.74, 6) is 5.30. The number of hydrogen-bond acceptors (Lipinski definition) is 1. The molecule has 0 heterocycles. The monoisotopic (exact) mass is 225 g/mol. The van der Waals surface area contributed by atoms with Gasteiger partial charge in [0.05, 0.1) is 11.1 Å². The first-order valence-electron chi connectivity index (χ1n) is 4.85. The Morgan fingerprint density at radius 2 is 2.27 bits per heavy atom. The second-order valence-electron chi connectivity index (χ2n) is 3.29. The molecule has 0 bridgehead atoms. The van der Waals surface area contributed by atoms with E-state index in [1.54, 1.807) is 0 Å². The van der Waals surface area contributed by atoms with Gasteiger partial charge in [0, 0.05) is 5.56 Å². The summed E-state index contributed by atoms with van der Waals surface area (Å²) >= 11 is 5.85. The number of nitrogens with two attached hydrogens (primary N) is 1. The van der Waals surface area contributed by atoms with Gasteiger partial charge in [0.25, 0.3) is 0 Å². The minimum Gasteiger partial charge on any atom is -0.318 e. The zero-order valence-corrected chi connectivity index (χ0v) is 9.31. The van der Waals surface area contributed by atoms with Crippen LogP contribution in [0.4, 0.5) is 4.39 Å². The van der Waals surface area contributed by atoms with Gasteiger partial charge in [-0.2, -0.15) is 0 Å². The van der Waals surface area contributed by atoms with Crippen molar-refractivity contribution in [1.82, 2.24) is 0 Å². The van der Waals surface area contributed by atoms with Gasteiger partial charge in [-0.25, -0.2) is 4.39 Å². The van der Waals surface area contributed by atoms with Gasteiger partial charge >= 0.3 is 0 Å². The molecule has 0 radical (unpaired) electrons. The number of benzene rings is 1. The molecule has 0 aliphatic heterocycles. The van der Waals surface area contributed by atoms with E-state index in [0.717, 1.165) is 12.8 Å². The molecule has 0 saturated heterocycles. The van der Waals surface area contributed by atoms with Crippen LogP contribution in [0, 0.1) is 17.7 Å². The highest BCUT2D eigenvalue weighted by Gasteiger charge is 1.99. The number of rotatable bonds is 2. The zero-order chi connectivity index (χ0) is 11.3. The summed E-state index contributed by atoms with van der Waals surface area (Å²) in [7, 11) is 0. The van der Waals surface area contributed by atoms with Crippen LogP contribution in [0.5, 0.6) is 0 Å². The van der Waals surface area contributed by atoms with E-state index in [1.165, 1.54) is 18.2 Å². The lowest BCUT2D eigenvalue weighted by atomic mass is 10.1. The molecule has 0 spiro atoms. The summed E-state index contributed by atoms with van der Waals surface area (Å²) in [6.07, 6.45) is 1.81. The van der Waals surface area contributed by atoms with Crippen LogP contribution in [0.1, 0.15) is 25.3 Å². The fourth-order valence-corrected chi connectivity index (χ4v) is 1.31. The van der Waals surface area contributed by atoms with Crippen LogP contribution < -0.4 is 5.73 Å². The molecule has 0 amide bonds. The Hall–Kier alpha value is -1.04. The van der Waals surface area contributed by atoms with Crippen molar-refractivity contribution >= 4 is 11.6 Å². The smallest absolute Gasteiger partial charge is 0.124 e. The fourth-order valence-electron chi connectivity index (χ4n) is 1.15. The molecule has 0 fully saturated rings. The molecule has 1 atom stereocenters. The third kappa shape index (κ3) is 3.91. The zero-order valence-electron chi connectivity index (χ0n) is 8.56. The van der Waals surface area contributed by atoms with Gasteiger partial charge in [-0.1, -0.05) is 36.8 Å². The molecule has 1 rings (SSSR count). The van der Waals surface area contributed by atoms with Crippen molar-refractivity contribution < 1.29 is 4.39 Å². The molecule has 80 valence electrons. The van der Waals surface area contributed by atoms with E-state index in [1.807, 2.05) is 6.92 Å². The van der Waals surface area contributed by atoms with E-state index < -0.39 is 0 Å². The van der Waals surface area contributed by atoms with Crippen molar-refractivity contribution in [1.29, 1.82) is 0 Å². The van der Waals surface area contributed by atoms with Gasteiger partial charge in [0.2, 0.25) is 0 Å². The molecule has 1 unspecified atom stereocenters. The van der Waals surface area contributed by atoms with E-state index >= 15 is 0 Å². The third-order valence-electron chi connectivity index (χ3n) is 1.92. The molecule has 0 aromatic heterocycles. The first kappa shape index (κ1) is 12.0. The van der Waals surface area contributed by atoms with Crippen LogP contribution in [0.15, 0.2) is 18.2 Å². The third-order valence-corrected chi connectivity index (χ3v) is 2.25. The van der Waals surface area contributed by atoms with Crippen molar-refractivity contribution in [2.45, 2.75) is 25.8 Å². The van der Waals surface area contributed by atoms with Crippen molar-refractivity contribution in [3.8, 4) is 11.8 Å². The van der Waals surface area contributed by atoms with Gasteiger partial charge in [-0.3, -0.25) is 0 Å². The normalized spacial score (nSPS) is 11.7. The summed E-state index contributed by atoms with van der Waals surface area (Å²) in [5, 5.41) is 0.451. The largest absolute Gasteiger partial charge is 0.318 e. The molecule has 3 heteroatoms. The summed E-state index contributed by atoms with van der Waals surface area (Å²) < 4.78 is 12.9. The molecule has 0 aliphatic rings. The molecular weight excluding hydrogens is 213 g/mol. The lowest BCUT2D eigenvalue weighted by molar-refractivity contribution is 0.627. The summed E-state index contributed by atoms with van der Waals surface area (Å²) in [4.78, 5) is 0. The highest BCUT2D eigenvalue weighted by atomic mass is 35.5. The van der Waals surface area contributed by atoms with Gasteiger partial charge in [0.15, 0.2) is 0 Å². The Morgan fingerprint density at radius 1 is 1.53 bits per heavy atom. The van der Waals surface area contributed by atoms with Gasteiger partial charge in [0.1, 0.15) is 5.82 Å². The molecule has 1 aromatic carbocycles. The van der Waals surface area contributed by atoms with Crippen LogP contribution in [0.3, 0.4) is 0 Å². The Balaban J connectivity index is 2.83. The molecular formula is C12H13ClFN. The minimum absolute atomic E-state index is 0.172. The van der Waals surface area contributed by atoms with Gasteiger partial charge < -0.3 is 5.73 Å². The van der Waals surface area contributed by atoms with E-state index in [-0.39, 0.29) is 11.9 Å². The summed E-state index contributed by atoms with van der Waals surface area (Å²) in [6, 6.07) is 3.94. The van der Waals surface area contributed by atoms with E-state index in [9.17, 15) is 4.39 Å². The summed E-state index contributed by atoms with van der Waals surface area (Å²) in [6.45, 7) is 2.04. The van der Waals surface area contributed by atoms with Crippen molar-refractivity contribution in [2.75, 3.05) is 0 Å². The first-order chi connectivity index (χ1) is 7.13. The maximum atomic E-state index is 12.9. The predicted octanol–water partition coefficient (Wildman–Crippen LogP) is 2.96. The molecule has 1 aromatic rings. The molecule has 0 aliphatic carbocycles. The fraction of sp³-hybridized carbons (Fsp3) is 0.333. The Labute approximate surface area is 94.4 Å². The van der Waals surface area contributed by atoms with Gasteiger partial charge in [-0.05, 0) is 24.6 Å². The highest BCUT2D eigenvalue weighted by Crippen LogP contribution is 2.15. The first-order valence-corrected chi connectivity index (χ1v) is 5.23. The second-order valence-corrected chi connectivity index (χ2v) is 3.70. The Kier molecular flexibility index (Phi) is 4.61. The van der Waals surface area contributed by atoms with Crippen LogP contribution in [0.2, 0.25) is 5.02 Å². The van der Waals surface area contributed by atoms with E-state index in [4.69, 9.17) is 17.3 Å². The molecule has 15 heavy (non-hydrogen) atoms. The van der Waals surface area contributed by atoms with Crippen LogP contribution in [-0.2, 0) is 0 Å². The Bertz CT molecular complexity index is 392. The average molecular weight is 226 g/mol. The minimum atomic E-state index is -0.340. The molecule has 2 N–H and O–H groups in total. The standard InChI is InChI=1S/C12H13ClFN/c1-2-3-11(15)6-4-9-8-10(14)5-7-12(9)13/h5,7-8,11H,2-3,15H2,1H3. The lowest BCUT2D eigenvalue weighted by Crippen LogP contribution is -2.16. The molecule has 0 saturated carbocycles. The van der Waals surface area contributed by atoms with Crippen molar-refractivity contribution in [3.05, 3.63) is 34.6 Å². The van der Waals surface area contributed by atoms with Gasteiger partial charge in [-0.15, -0.1) is 0 Å². The van der Waals surface area contributed by atoms with Crippen molar-refractivity contribution in [3.63, 3.8) is 0 Å². The van der Waals surface area contributed by atoms with E-state index in [0.29, 0.717) is 10.6 Å². The topological polar surface area (TPSA) is 26.0 Å². The summed E-state index contributed by atoms with van der Waals surface area (Å²) in [5.41, 5.74) is 6.20. The maximum Gasteiger partial charge on any atom is 0.124 e. The van der Waals surface area contributed by atoms with Crippen molar-refractivity contribution in [2.24, 2.45) is 5.73 Å². The Morgan fingerprint density at radius 3 is 2.93 bits per heavy atom. The number of halogens is 2. The molecule has 1 nitrogen and oxygen atoms in total. The maximum absolute atomic E-state index is 12.9. The average Bonchev–Trinajstić information content (AvgIpc) is 2.20. The SMILES string of the molecule is CCCC(N)C#Cc1cc(F)ccc1Cl. The highest BCUT2D eigenvalue weighted by molar-refractivity contribution is 6.31. The second kappa shape index (κ2) is 5.75.